The number of anilines is 1. The van der Waals surface area contributed by atoms with E-state index < -0.39 is 0 Å². The van der Waals surface area contributed by atoms with Crippen LogP contribution >= 0.6 is 24.0 Å². The number of piperazine rings is 2. The molecule has 0 unspecified atom stereocenters. The molecule has 1 N–H and O–H groups in total. The maximum atomic E-state index is 4.51. The van der Waals surface area contributed by atoms with Crippen molar-refractivity contribution in [2.24, 2.45) is 4.99 Å². The Morgan fingerprint density at radius 3 is 2.19 bits per heavy atom. The quantitative estimate of drug-likeness (QED) is 0.333. The first-order valence-electron chi connectivity index (χ1n) is 11.3. The van der Waals surface area contributed by atoms with Crippen molar-refractivity contribution in [2.45, 2.75) is 6.54 Å². The molecule has 2 fully saturated rings. The zero-order chi connectivity index (χ0) is 21.3. The van der Waals surface area contributed by atoms with Gasteiger partial charge in [-0.05, 0) is 11.6 Å². The third-order valence-electron chi connectivity index (χ3n) is 6.05. The van der Waals surface area contributed by atoms with Crippen molar-refractivity contribution in [1.82, 2.24) is 30.0 Å². The molecule has 2 aliphatic rings. The highest BCUT2D eigenvalue weighted by Crippen LogP contribution is 2.10. The zero-order valence-electron chi connectivity index (χ0n) is 18.9. The number of nitrogens with one attached hydrogen (secondary N) is 1. The molecule has 8 nitrogen and oxygen atoms in total. The Morgan fingerprint density at radius 1 is 0.875 bits per heavy atom. The maximum absolute atomic E-state index is 4.51. The standard InChI is InChI=1S/C23H34N8.HI/c1-24-22(30-16-18-31(19-17-30)23-25-8-5-9-26-23)27-10-11-28-12-14-29(15-13-28)20-21-6-3-2-4-7-21;/h2-9H,10-20H2,1H3,(H,24,27);1H. The van der Waals surface area contributed by atoms with Gasteiger partial charge >= 0.3 is 0 Å². The van der Waals surface area contributed by atoms with Crippen molar-refractivity contribution < 1.29 is 0 Å². The topological polar surface area (TPSA) is 63.1 Å². The fourth-order valence-corrected chi connectivity index (χ4v) is 4.24. The zero-order valence-corrected chi connectivity index (χ0v) is 21.3. The van der Waals surface area contributed by atoms with Crippen LogP contribution in [-0.2, 0) is 6.54 Å². The minimum atomic E-state index is 0. The molecule has 0 saturated carbocycles. The Kier molecular flexibility index (Phi) is 9.94. The lowest BCUT2D eigenvalue weighted by atomic mass is 10.2. The summed E-state index contributed by atoms with van der Waals surface area (Å²) in [6.45, 7) is 11.2. The van der Waals surface area contributed by atoms with Crippen LogP contribution in [0.4, 0.5) is 5.95 Å². The minimum absolute atomic E-state index is 0. The Hall–Kier alpha value is -1.98. The van der Waals surface area contributed by atoms with Gasteiger partial charge in [-0.3, -0.25) is 14.8 Å². The normalized spacial score (nSPS) is 18.3. The lowest BCUT2D eigenvalue weighted by molar-refractivity contribution is 0.128. The number of nitrogens with zero attached hydrogens (tertiary/aromatic N) is 7. The summed E-state index contributed by atoms with van der Waals surface area (Å²) >= 11 is 0. The third-order valence-corrected chi connectivity index (χ3v) is 6.05. The van der Waals surface area contributed by atoms with Crippen LogP contribution in [0.25, 0.3) is 0 Å². The maximum Gasteiger partial charge on any atom is 0.225 e. The second-order valence-electron chi connectivity index (χ2n) is 8.10. The molecule has 0 bridgehead atoms. The van der Waals surface area contributed by atoms with E-state index in [4.69, 9.17) is 0 Å². The Labute approximate surface area is 208 Å². The van der Waals surface area contributed by atoms with Gasteiger partial charge in [-0.1, -0.05) is 30.3 Å². The van der Waals surface area contributed by atoms with Crippen molar-refractivity contribution in [3.8, 4) is 0 Å². The summed E-state index contributed by atoms with van der Waals surface area (Å²) < 4.78 is 0. The molecule has 4 rings (SSSR count). The Morgan fingerprint density at radius 2 is 1.53 bits per heavy atom. The largest absolute Gasteiger partial charge is 0.355 e. The number of hydrogen-bond donors (Lipinski definition) is 1. The van der Waals surface area contributed by atoms with Crippen molar-refractivity contribution in [2.75, 3.05) is 77.4 Å². The third kappa shape index (κ3) is 7.01. The van der Waals surface area contributed by atoms with Crippen LogP contribution in [0.3, 0.4) is 0 Å². The predicted molar refractivity (Wildman–Crippen MR) is 141 cm³/mol. The van der Waals surface area contributed by atoms with Gasteiger partial charge in [0.15, 0.2) is 5.96 Å². The molecule has 0 atom stereocenters. The average Bonchev–Trinajstić information content (AvgIpc) is 2.84. The molecule has 1 aromatic carbocycles. The van der Waals surface area contributed by atoms with Crippen LogP contribution in [0, 0.1) is 0 Å². The molecular weight excluding hydrogens is 515 g/mol. The minimum Gasteiger partial charge on any atom is -0.355 e. The molecule has 1 aromatic heterocycles. The molecule has 0 aliphatic carbocycles. The summed E-state index contributed by atoms with van der Waals surface area (Å²) in [4.78, 5) is 22.9. The summed E-state index contributed by atoms with van der Waals surface area (Å²) in [5.74, 6) is 1.81. The number of halogens is 1. The van der Waals surface area contributed by atoms with Gasteiger partial charge in [0.05, 0.1) is 0 Å². The van der Waals surface area contributed by atoms with Gasteiger partial charge in [-0.25, -0.2) is 9.97 Å². The van der Waals surface area contributed by atoms with Gasteiger partial charge in [-0.2, -0.15) is 0 Å². The Bertz CT molecular complexity index is 803. The van der Waals surface area contributed by atoms with E-state index in [1.54, 1.807) is 12.4 Å². The van der Waals surface area contributed by atoms with Gasteiger partial charge in [0, 0.05) is 91.4 Å². The van der Waals surface area contributed by atoms with Crippen molar-refractivity contribution in [1.29, 1.82) is 0 Å². The lowest BCUT2D eigenvalue weighted by Gasteiger charge is -2.37. The monoisotopic (exact) mass is 550 g/mol. The average molecular weight is 550 g/mol. The molecule has 0 radical (unpaired) electrons. The molecule has 2 aromatic rings. The van der Waals surface area contributed by atoms with Crippen LogP contribution in [0.2, 0.25) is 0 Å². The molecule has 2 aliphatic heterocycles. The fourth-order valence-electron chi connectivity index (χ4n) is 4.24. The van der Waals surface area contributed by atoms with E-state index in [1.165, 1.54) is 5.56 Å². The first-order valence-corrected chi connectivity index (χ1v) is 11.3. The highest BCUT2D eigenvalue weighted by molar-refractivity contribution is 14.0. The molecule has 0 spiro atoms. The molecule has 9 heteroatoms. The van der Waals surface area contributed by atoms with Gasteiger partial charge in [-0.15, -0.1) is 24.0 Å². The summed E-state index contributed by atoms with van der Waals surface area (Å²) in [6.07, 6.45) is 3.60. The summed E-state index contributed by atoms with van der Waals surface area (Å²) in [7, 11) is 1.87. The second-order valence-corrected chi connectivity index (χ2v) is 8.10. The van der Waals surface area contributed by atoms with Gasteiger partial charge in [0.1, 0.15) is 0 Å². The van der Waals surface area contributed by atoms with Gasteiger partial charge < -0.3 is 15.1 Å². The molecule has 3 heterocycles. The van der Waals surface area contributed by atoms with Crippen LogP contribution in [-0.4, -0.2) is 103 Å². The van der Waals surface area contributed by atoms with Crippen LogP contribution < -0.4 is 10.2 Å². The van der Waals surface area contributed by atoms with Crippen LogP contribution in [0.15, 0.2) is 53.8 Å². The van der Waals surface area contributed by atoms with E-state index >= 15 is 0 Å². The van der Waals surface area contributed by atoms with Gasteiger partial charge in [0.2, 0.25) is 5.95 Å². The molecule has 174 valence electrons. The predicted octanol–water partition coefficient (Wildman–Crippen LogP) is 1.61. The number of aromatic nitrogens is 2. The van der Waals surface area contributed by atoms with E-state index in [2.05, 4.69) is 70.2 Å². The van der Waals surface area contributed by atoms with Crippen LogP contribution in [0.1, 0.15) is 5.56 Å². The van der Waals surface area contributed by atoms with E-state index in [1.807, 2.05) is 13.1 Å². The van der Waals surface area contributed by atoms with Crippen molar-refractivity contribution >= 4 is 35.9 Å². The number of aliphatic imine (C=N–C) groups is 1. The van der Waals surface area contributed by atoms with Crippen LogP contribution in [0.5, 0.6) is 0 Å². The van der Waals surface area contributed by atoms with E-state index in [0.29, 0.717) is 0 Å². The molecule has 0 amide bonds. The van der Waals surface area contributed by atoms with Crippen molar-refractivity contribution in [3.05, 3.63) is 54.4 Å². The number of hydrogen-bond acceptors (Lipinski definition) is 6. The SMILES string of the molecule is CN=C(NCCN1CCN(Cc2ccccc2)CC1)N1CCN(c2ncccn2)CC1.I. The second kappa shape index (κ2) is 12.9. The first kappa shape index (κ1) is 24.7. The van der Waals surface area contributed by atoms with Crippen molar-refractivity contribution in [3.63, 3.8) is 0 Å². The molecule has 2 saturated heterocycles. The molecule has 32 heavy (non-hydrogen) atoms. The lowest BCUT2D eigenvalue weighted by Crippen LogP contribution is -2.54. The highest BCUT2D eigenvalue weighted by atomic mass is 127. The van der Waals surface area contributed by atoms with E-state index in [9.17, 15) is 0 Å². The highest BCUT2D eigenvalue weighted by Gasteiger charge is 2.21. The summed E-state index contributed by atoms with van der Waals surface area (Å²) in [5.41, 5.74) is 1.40. The smallest absolute Gasteiger partial charge is 0.225 e. The fraction of sp³-hybridized carbons (Fsp3) is 0.522. The summed E-state index contributed by atoms with van der Waals surface area (Å²) in [6, 6.07) is 12.6. The Balaban J connectivity index is 0.00000289. The van der Waals surface area contributed by atoms with E-state index in [-0.39, 0.29) is 24.0 Å². The number of benzene rings is 1. The number of rotatable bonds is 6. The number of guanidine groups is 1. The molecular formula is C23H35IN8. The van der Waals surface area contributed by atoms with Gasteiger partial charge in [0.25, 0.3) is 0 Å². The van der Waals surface area contributed by atoms with E-state index in [0.717, 1.165) is 83.9 Å². The summed E-state index contributed by atoms with van der Waals surface area (Å²) in [5, 5.41) is 3.56. The first-order chi connectivity index (χ1) is 15.3.